The lowest BCUT2D eigenvalue weighted by molar-refractivity contribution is 1.57. The van der Waals surface area contributed by atoms with Crippen LogP contribution in [0.1, 0.15) is 1.37 Å². The molecule has 0 N–H and O–H groups in total. The normalized spacial score (nSPS) is 9.29. The van der Waals surface area contributed by atoms with Crippen LogP contribution in [-0.2, 0) is 0 Å². The van der Waals surface area contributed by atoms with Crippen LogP contribution in [0.4, 0.5) is 0 Å². The molecule has 0 fully saturated rings. The van der Waals surface area contributed by atoms with Crippen LogP contribution < -0.4 is 0 Å². The van der Waals surface area contributed by atoms with Gasteiger partial charge in [-0.2, -0.15) is 10.5 Å². The van der Waals surface area contributed by atoms with E-state index in [0.717, 1.165) is 23.5 Å². The Balaban J connectivity index is 3.25. The van der Waals surface area contributed by atoms with Crippen LogP contribution in [-0.4, -0.2) is 5.06 Å². The monoisotopic (exact) mass is 131 g/mol. The lowest BCUT2D eigenvalue weighted by atomic mass is 11.8. The van der Waals surface area contributed by atoms with Crippen molar-refractivity contribution in [3.63, 3.8) is 0 Å². The number of nitrogens with zero attached hydrogens (tertiary/aromatic N) is 2. The van der Waals surface area contributed by atoms with Crippen molar-refractivity contribution in [2.75, 3.05) is 5.06 Å². The molecule has 0 heterocycles. The zero-order chi connectivity index (χ0) is 6.41. The largest absolute Gasteiger partial charge is 0.185 e. The highest BCUT2D eigenvalue weighted by molar-refractivity contribution is 8.20. The predicted molar refractivity (Wildman–Crippen MR) is 31.3 cm³/mol. The molecule has 36 valence electrons. The number of thiocyanates is 2. The van der Waals surface area contributed by atoms with E-state index in [1.54, 1.807) is 10.8 Å². The summed E-state index contributed by atoms with van der Waals surface area (Å²) in [6, 6.07) is 0. The molecule has 0 radical (unpaired) electrons. The van der Waals surface area contributed by atoms with Gasteiger partial charge in [0.25, 0.3) is 0 Å². The van der Waals surface area contributed by atoms with Crippen molar-refractivity contribution in [1.82, 2.24) is 0 Å². The quantitative estimate of drug-likeness (QED) is 0.419. The lowest BCUT2D eigenvalue weighted by Gasteiger charge is -1.74. The number of hydrogen-bond donors (Lipinski definition) is 0. The first-order chi connectivity index (χ1) is 3.81. The van der Waals surface area contributed by atoms with Crippen LogP contribution in [0, 0.1) is 21.3 Å². The summed E-state index contributed by atoms with van der Waals surface area (Å²) in [5.41, 5.74) is 0. The van der Waals surface area contributed by atoms with E-state index in [-0.39, 0.29) is 0 Å². The van der Waals surface area contributed by atoms with Crippen LogP contribution in [0.25, 0.3) is 0 Å². The molecule has 0 amide bonds. The summed E-state index contributed by atoms with van der Waals surface area (Å²) in [6.45, 7) is 0. The summed E-state index contributed by atoms with van der Waals surface area (Å²) in [4.78, 5) is 0. The van der Waals surface area contributed by atoms with Crippen molar-refractivity contribution in [3.05, 3.63) is 0 Å². The molecule has 0 aromatic rings. The third kappa shape index (κ3) is 5.68. The first-order valence-electron chi connectivity index (χ1n) is 1.90. The molecule has 0 spiro atoms. The summed E-state index contributed by atoms with van der Waals surface area (Å²) in [6.07, 6.45) is 0. The highest BCUT2D eigenvalue weighted by Gasteiger charge is 1.80. The van der Waals surface area contributed by atoms with Crippen LogP contribution in [0.3, 0.4) is 0 Å². The van der Waals surface area contributed by atoms with E-state index >= 15 is 0 Å². The van der Waals surface area contributed by atoms with Gasteiger partial charge in [-0.05, 0) is 23.5 Å². The first kappa shape index (κ1) is 4.83. The fourth-order valence-corrected chi connectivity index (χ4v) is 0.604. The van der Waals surface area contributed by atoms with Crippen LogP contribution in [0.15, 0.2) is 0 Å². The van der Waals surface area contributed by atoms with Gasteiger partial charge in [0.15, 0.2) is 0 Å². The van der Waals surface area contributed by atoms with Gasteiger partial charge in [0, 0.05) is 0 Å². The molecule has 2 nitrogen and oxygen atoms in total. The topological polar surface area (TPSA) is 47.6 Å². The van der Waals surface area contributed by atoms with Gasteiger partial charge in [-0.15, -0.1) is 0 Å². The minimum absolute atomic E-state index is 0.676. The van der Waals surface area contributed by atoms with Gasteiger partial charge < -0.3 is 0 Å². The second-order valence-corrected chi connectivity index (χ2v) is 2.12. The third-order valence-electron chi connectivity index (χ3n) is 0.202. The molecule has 0 bridgehead atoms. The van der Waals surface area contributed by atoms with Gasteiger partial charge in [0.1, 0.15) is 10.8 Å². The van der Waals surface area contributed by atoms with Crippen molar-refractivity contribution in [1.29, 1.82) is 10.5 Å². The predicted octanol–water partition coefficient (Wildman–Crippen LogP) is 1.37. The van der Waals surface area contributed by atoms with Crippen molar-refractivity contribution in [2.45, 2.75) is 0 Å². The molecule has 0 aromatic heterocycles. The number of hydrogen-bond acceptors (Lipinski definition) is 4. The SMILES string of the molecule is [2H]C(SC#N)SC#N. The molecule has 0 unspecified atom stereocenters. The fourth-order valence-electron chi connectivity index (χ4n) is 0.0671. The molecule has 0 saturated carbocycles. The van der Waals surface area contributed by atoms with Crippen LogP contribution in [0.5, 0.6) is 0 Å². The van der Waals surface area contributed by atoms with Gasteiger partial charge in [0.2, 0.25) is 0 Å². The van der Waals surface area contributed by atoms with E-state index in [9.17, 15) is 0 Å². The number of nitriles is 2. The minimum atomic E-state index is -0.676. The molecular weight excluding hydrogens is 128 g/mol. The average Bonchev–Trinajstić information content (AvgIpc) is 1.68. The molecule has 0 aromatic carbocycles. The maximum atomic E-state index is 7.93. The Labute approximate surface area is 51.9 Å². The Kier molecular flexibility index (Phi) is 3.92. The van der Waals surface area contributed by atoms with Crippen molar-refractivity contribution in [3.8, 4) is 10.8 Å². The number of rotatable bonds is 2. The Morgan fingerprint density at radius 1 is 1.43 bits per heavy atom. The Morgan fingerprint density at radius 3 is 2.14 bits per heavy atom. The van der Waals surface area contributed by atoms with Gasteiger partial charge >= 0.3 is 0 Å². The summed E-state index contributed by atoms with van der Waals surface area (Å²) < 4.78 is 6.85. The molecule has 0 aliphatic rings. The third-order valence-corrected chi connectivity index (χ3v) is 1.18. The van der Waals surface area contributed by atoms with E-state index in [1.165, 1.54) is 0 Å². The van der Waals surface area contributed by atoms with Crippen molar-refractivity contribution >= 4 is 23.5 Å². The maximum Gasteiger partial charge on any atom is 0.134 e. The van der Waals surface area contributed by atoms with Gasteiger partial charge in [-0.3, -0.25) is 0 Å². The van der Waals surface area contributed by atoms with E-state index in [1.807, 2.05) is 0 Å². The van der Waals surface area contributed by atoms with Crippen LogP contribution >= 0.6 is 23.5 Å². The summed E-state index contributed by atoms with van der Waals surface area (Å²) >= 11 is 1.54. The fraction of sp³-hybridized carbons (Fsp3) is 0.333. The smallest absolute Gasteiger partial charge is 0.134 e. The first-order valence-corrected chi connectivity index (χ1v) is 3.09. The van der Waals surface area contributed by atoms with Crippen molar-refractivity contribution < 1.29 is 1.37 Å². The van der Waals surface area contributed by atoms with E-state index < -0.39 is 5.06 Å². The van der Waals surface area contributed by atoms with Gasteiger partial charge in [0.05, 0.1) is 6.43 Å². The summed E-state index contributed by atoms with van der Waals surface area (Å²) in [7, 11) is 0. The standard InChI is InChI=1S/C3H2N2S2/c4-1-6-3-7-2-5/h3H2/i3D. The second-order valence-electron chi connectivity index (χ2n) is 0.515. The summed E-state index contributed by atoms with van der Waals surface area (Å²) in [5.74, 6) is 0. The van der Waals surface area contributed by atoms with Gasteiger partial charge in [-0.1, -0.05) is 0 Å². The Morgan fingerprint density at radius 2 is 1.86 bits per heavy atom. The summed E-state index contributed by atoms with van der Waals surface area (Å²) in [5, 5.41) is 18.6. The maximum absolute atomic E-state index is 7.93. The Hall–Kier alpha value is -0.320. The molecule has 0 atom stereocenters. The number of thioether (sulfide) groups is 2. The van der Waals surface area contributed by atoms with Crippen LogP contribution in [0.2, 0.25) is 0 Å². The molecule has 4 heteroatoms. The molecule has 7 heavy (non-hydrogen) atoms. The molecule has 0 aliphatic carbocycles. The lowest BCUT2D eigenvalue weighted by Crippen LogP contribution is -1.56. The Bertz CT molecular complexity index is 119. The highest BCUT2D eigenvalue weighted by Crippen LogP contribution is 2.06. The minimum Gasteiger partial charge on any atom is -0.185 e. The molecule has 0 rings (SSSR count). The zero-order valence-corrected chi connectivity index (χ0v) is 4.92. The van der Waals surface area contributed by atoms with E-state index in [4.69, 9.17) is 11.9 Å². The average molecular weight is 131 g/mol. The highest BCUT2D eigenvalue weighted by atomic mass is 32.2. The molecular formula is C3H2N2S2. The zero-order valence-electron chi connectivity index (χ0n) is 4.29. The van der Waals surface area contributed by atoms with E-state index in [0.29, 0.717) is 0 Å². The second kappa shape index (κ2) is 5.68. The van der Waals surface area contributed by atoms with Crippen molar-refractivity contribution in [2.24, 2.45) is 0 Å². The molecule has 0 saturated heterocycles. The van der Waals surface area contributed by atoms with Gasteiger partial charge in [-0.25, -0.2) is 0 Å². The molecule has 0 aliphatic heterocycles. The van der Waals surface area contributed by atoms with E-state index in [2.05, 4.69) is 0 Å².